The van der Waals surface area contributed by atoms with Gasteiger partial charge in [0.2, 0.25) is 0 Å². The molecule has 1 aromatic carbocycles. The maximum atomic E-state index is 12.7. The number of thioether (sulfide) groups is 1. The lowest BCUT2D eigenvalue weighted by atomic mass is 10.2. The zero-order chi connectivity index (χ0) is 8.97. The van der Waals surface area contributed by atoms with Gasteiger partial charge in [-0.3, -0.25) is 4.99 Å². The van der Waals surface area contributed by atoms with Crippen molar-refractivity contribution in [3.63, 3.8) is 0 Å². The average molecular weight is 183 g/mol. The summed E-state index contributed by atoms with van der Waals surface area (Å²) < 4.78 is 12.7. The smallest absolute Gasteiger partial charge is 0.123 e. The van der Waals surface area contributed by atoms with Crippen LogP contribution in [0.15, 0.2) is 29.3 Å². The molecule has 0 bridgehead atoms. The molecule has 1 rings (SSSR count). The molecule has 0 unspecified atom stereocenters. The monoisotopic (exact) mass is 183 g/mol. The van der Waals surface area contributed by atoms with E-state index in [2.05, 4.69) is 4.99 Å². The second kappa shape index (κ2) is 4.26. The SMILES string of the molecule is CN=C(SC)c1cccc(F)c1. The van der Waals surface area contributed by atoms with E-state index in [1.165, 1.54) is 23.9 Å². The van der Waals surface area contributed by atoms with Gasteiger partial charge in [0.1, 0.15) is 5.82 Å². The second-order valence-corrected chi connectivity index (χ2v) is 3.04. The van der Waals surface area contributed by atoms with E-state index >= 15 is 0 Å². The van der Waals surface area contributed by atoms with E-state index < -0.39 is 0 Å². The van der Waals surface area contributed by atoms with Gasteiger partial charge in [0, 0.05) is 12.6 Å². The molecule has 0 spiro atoms. The Balaban J connectivity index is 3.02. The Hall–Kier alpha value is -0.830. The van der Waals surface area contributed by atoms with Crippen LogP contribution in [0.2, 0.25) is 0 Å². The molecule has 0 saturated heterocycles. The molecule has 0 aliphatic rings. The van der Waals surface area contributed by atoms with E-state index in [4.69, 9.17) is 0 Å². The van der Waals surface area contributed by atoms with Crippen molar-refractivity contribution in [3.8, 4) is 0 Å². The van der Waals surface area contributed by atoms with E-state index in [-0.39, 0.29) is 5.82 Å². The minimum Gasteiger partial charge on any atom is -0.281 e. The molecule has 0 heterocycles. The highest BCUT2D eigenvalue weighted by atomic mass is 32.2. The standard InChI is InChI=1S/C9H10FNS/c1-11-9(12-2)7-4-3-5-8(10)6-7/h3-6H,1-2H3. The molecule has 0 fully saturated rings. The maximum Gasteiger partial charge on any atom is 0.123 e. The van der Waals surface area contributed by atoms with Gasteiger partial charge in [0.25, 0.3) is 0 Å². The van der Waals surface area contributed by atoms with Crippen LogP contribution < -0.4 is 0 Å². The molecule has 0 amide bonds. The van der Waals surface area contributed by atoms with Crippen molar-refractivity contribution < 1.29 is 4.39 Å². The molecule has 1 aromatic rings. The van der Waals surface area contributed by atoms with Gasteiger partial charge in [0.15, 0.2) is 0 Å². The van der Waals surface area contributed by atoms with Crippen LogP contribution in [0.5, 0.6) is 0 Å². The summed E-state index contributed by atoms with van der Waals surface area (Å²) in [6, 6.07) is 6.45. The van der Waals surface area contributed by atoms with E-state index in [0.29, 0.717) is 0 Å². The first kappa shape index (κ1) is 9.26. The maximum absolute atomic E-state index is 12.7. The summed E-state index contributed by atoms with van der Waals surface area (Å²) in [6.07, 6.45) is 1.92. The normalized spacial score (nSPS) is 11.8. The Morgan fingerprint density at radius 2 is 2.25 bits per heavy atom. The van der Waals surface area contributed by atoms with Crippen molar-refractivity contribution in [3.05, 3.63) is 35.6 Å². The Bertz CT molecular complexity index is 296. The van der Waals surface area contributed by atoms with Gasteiger partial charge in [-0.25, -0.2) is 4.39 Å². The van der Waals surface area contributed by atoms with Gasteiger partial charge in [-0.05, 0) is 18.4 Å². The third-order valence-corrected chi connectivity index (χ3v) is 2.27. The lowest BCUT2D eigenvalue weighted by Gasteiger charge is -2.00. The van der Waals surface area contributed by atoms with Crippen LogP contribution >= 0.6 is 11.8 Å². The van der Waals surface area contributed by atoms with Crippen molar-refractivity contribution in [2.75, 3.05) is 13.3 Å². The summed E-state index contributed by atoms with van der Waals surface area (Å²) in [6.45, 7) is 0. The number of halogens is 1. The molecule has 0 aromatic heterocycles. The lowest BCUT2D eigenvalue weighted by Crippen LogP contribution is -1.94. The number of hydrogen-bond acceptors (Lipinski definition) is 2. The van der Waals surface area contributed by atoms with Gasteiger partial charge in [-0.15, -0.1) is 11.8 Å². The van der Waals surface area contributed by atoms with Crippen LogP contribution in [-0.4, -0.2) is 18.3 Å². The highest BCUT2D eigenvalue weighted by molar-refractivity contribution is 8.13. The van der Waals surface area contributed by atoms with Crippen molar-refractivity contribution in [1.82, 2.24) is 0 Å². The zero-order valence-electron chi connectivity index (χ0n) is 7.04. The highest BCUT2D eigenvalue weighted by Crippen LogP contribution is 2.11. The quantitative estimate of drug-likeness (QED) is 0.481. The zero-order valence-corrected chi connectivity index (χ0v) is 7.86. The predicted molar refractivity (Wildman–Crippen MR) is 52.4 cm³/mol. The Morgan fingerprint density at radius 1 is 1.50 bits per heavy atom. The number of rotatable bonds is 1. The van der Waals surface area contributed by atoms with Crippen molar-refractivity contribution in [2.45, 2.75) is 0 Å². The second-order valence-electron chi connectivity index (χ2n) is 2.24. The minimum absolute atomic E-state index is 0.220. The van der Waals surface area contributed by atoms with Crippen molar-refractivity contribution in [1.29, 1.82) is 0 Å². The Labute approximate surface area is 75.7 Å². The third kappa shape index (κ3) is 2.08. The summed E-state index contributed by atoms with van der Waals surface area (Å²) in [5.41, 5.74) is 0.838. The molecular weight excluding hydrogens is 173 g/mol. The molecule has 0 aliphatic heterocycles. The lowest BCUT2D eigenvalue weighted by molar-refractivity contribution is 0.627. The number of benzene rings is 1. The average Bonchev–Trinajstić information content (AvgIpc) is 2.07. The summed E-state index contributed by atoms with van der Waals surface area (Å²) in [4.78, 5) is 4.03. The molecule has 12 heavy (non-hydrogen) atoms. The highest BCUT2D eigenvalue weighted by Gasteiger charge is 2.00. The van der Waals surface area contributed by atoms with Crippen LogP contribution in [0.25, 0.3) is 0 Å². The Kier molecular flexibility index (Phi) is 3.29. The molecular formula is C9H10FNS. The third-order valence-electron chi connectivity index (χ3n) is 1.47. The number of hydrogen-bond donors (Lipinski definition) is 0. The van der Waals surface area contributed by atoms with Crippen LogP contribution in [0, 0.1) is 5.82 Å². The van der Waals surface area contributed by atoms with E-state index in [1.807, 2.05) is 12.3 Å². The molecule has 0 radical (unpaired) electrons. The molecule has 1 nitrogen and oxygen atoms in total. The number of aliphatic imine (C=N–C) groups is 1. The van der Waals surface area contributed by atoms with E-state index in [9.17, 15) is 4.39 Å². The number of nitrogens with zero attached hydrogens (tertiary/aromatic N) is 1. The fraction of sp³-hybridized carbons (Fsp3) is 0.222. The molecule has 0 N–H and O–H groups in total. The molecule has 0 saturated carbocycles. The summed E-state index contributed by atoms with van der Waals surface area (Å²) >= 11 is 1.52. The van der Waals surface area contributed by atoms with Gasteiger partial charge in [-0.1, -0.05) is 12.1 Å². The first-order valence-corrected chi connectivity index (χ1v) is 4.77. The molecule has 0 atom stereocenters. The Morgan fingerprint density at radius 3 is 2.75 bits per heavy atom. The van der Waals surface area contributed by atoms with Gasteiger partial charge < -0.3 is 0 Å². The van der Waals surface area contributed by atoms with Crippen molar-refractivity contribution in [2.24, 2.45) is 4.99 Å². The van der Waals surface area contributed by atoms with E-state index in [1.54, 1.807) is 13.1 Å². The summed E-state index contributed by atoms with van der Waals surface area (Å²) in [5, 5.41) is 0.856. The van der Waals surface area contributed by atoms with Crippen LogP contribution in [-0.2, 0) is 0 Å². The molecule has 0 aliphatic carbocycles. The summed E-state index contributed by atoms with van der Waals surface area (Å²) in [7, 11) is 1.71. The van der Waals surface area contributed by atoms with Crippen LogP contribution in [0.1, 0.15) is 5.56 Å². The van der Waals surface area contributed by atoms with Crippen LogP contribution in [0.4, 0.5) is 4.39 Å². The fourth-order valence-electron chi connectivity index (χ4n) is 0.960. The predicted octanol–water partition coefficient (Wildman–Crippen LogP) is 2.57. The fourth-order valence-corrected chi connectivity index (χ4v) is 1.50. The molecule has 3 heteroatoms. The summed E-state index contributed by atoms with van der Waals surface area (Å²) in [5.74, 6) is -0.220. The van der Waals surface area contributed by atoms with Crippen LogP contribution in [0.3, 0.4) is 0 Å². The molecule has 64 valence electrons. The topological polar surface area (TPSA) is 12.4 Å². The first-order valence-electron chi connectivity index (χ1n) is 3.54. The van der Waals surface area contributed by atoms with Gasteiger partial charge in [-0.2, -0.15) is 0 Å². The van der Waals surface area contributed by atoms with Gasteiger partial charge in [0.05, 0.1) is 5.04 Å². The first-order chi connectivity index (χ1) is 5.77. The van der Waals surface area contributed by atoms with E-state index in [0.717, 1.165) is 10.6 Å². The van der Waals surface area contributed by atoms with Crippen molar-refractivity contribution >= 4 is 16.8 Å². The van der Waals surface area contributed by atoms with Gasteiger partial charge >= 0.3 is 0 Å². The minimum atomic E-state index is -0.220. The largest absolute Gasteiger partial charge is 0.281 e.